The number of nitrogens with one attached hydrogen (secondary N) is 1. The summed E-state index contributed by atoms with van der Waals surface area (Å²) in [5.41, 5.74) is 1.62. The Morgan fingerprint density at radius 1 is 1.41 bits per heavy atom. The quantitative estimate of drug-likeness (QED) is 0.848. The summed E-state index contributed by atoms with van der Waals surface area (Å²) in [5, 5.41) is 3.69. The molecule has 8 heteroatoms. The Balaban J connectivity index is 2.29. The second kappa shape index (κ2) is 6.67. The molecule has 0 saturated carbocycles. The van der Waals surface area contributed by atoms with E-state index in [9.17, 15) is 18.0 Å². The lowest BCUT2D eigenvalue weighted by molar-refractivity contribution is -0.139. The van der Waals surface area contributed by atoms with E-state index in [0.29, 0.717) is 6.42 Å². The summed E-state index contributed by atoms with van der Waals surface area (Å²) in [6.07, 6.45) is -3.78. The zero-order chi connectivity index (χ0) is 16.2. The number of rotatable bonds is 5. The van der Waals surface area contributed by atoms with Crippen molar-refractivity contribution in [2.45, 2.75) is 25.9 Å². The van der Waals surface area contributed by atoms with E-state index < -0.39 is 17.8 Å². The molecule has 0 fully saturated rings. The zero-order valence-electron chi connectivity index (χ0n) is 11.9. The van der Waals surface area contributed by atoms with Gasteiger partial charge >= 0.3 is 12.3 Å². The maximum absolute atomic E-state index is 13.1. The summed E-state index contributed by atoms with van der Waals surface area (Å²) in [4.78, 5) is 10.8. The number of halogens is 3. The number of carbonyl (C=O) groups excluding carboxylic acids is 1. The third kappa shape index (κ3) is 3.90. The van der Waals surface area contributed by atoms with E-state index in [4.69, 9.17) is 4.74 Å². The predicted molar refractivity (Wildman–Crippen MR) is 72.9 cm³/mol. The Kier molecular flexibility index (Phi) is 4.89. The number of cyclic esters (lactones) is 1. The van der Waals surface area contributed by atoms with Gasteiger partial charge in [0.2, 0.25) is 0 Å². The molecule has 0 aliphatic carbocycles. The summed E-state index contributed by atoms with van der Waals surface area (Å²) in [6, 6.07) is 3.66. The molecule has 0 bridgehead atoms. The Morgan fingerprint density at radius 3 is 2.77 bits per heavy atom. The highest BCUT2D eigenvalue weighted by Gasteiger charge is 2.35. The van der Waals surface area contributed by atoms with Gasteiger partial charge < -0.3 is 9.47 Å². The normalized spacial score (nSPS) is 14.9. The molecule has 1 amide bonds. The molecule has 0 atom stereocenters. The molecule has 120 valence electrons. The third-order valence-electron chi connectivity index (χ3n) is 3.00. The zero-order valence-corrected chi connectivity index (χ0v) is 11.9. The van der Waals surface area contributed by atoms with Gasteiger partial charge in [0.05, 0.1) is 12.2 Å². The molecule has 1 aliphatic heterocycles. The van der Waals surface area contributed by atoms with Gasteiger partial charge in [-0.3, -0.25) is 0 Å². The number of amides is 1. The highest BCUT2D eigenvalue weighted by molar-refractivity contribution is 6.03. The van der Waals surface area contributed by atoms with Crippen molar-refractivity contribution in [1.82, 2.24) is 5.43 Å². The third-order valence-corrected chi connectivity index (χ3v) is 3.00. The molecule has 5 nitrogen and oxygen atoms in total. The minimum atomic E-state index is -4.54. The molecule has 1 heterocycles. The minimum absolute atomic E-state index is 0.181. The monoisotopic (exact) mass is 316 g/mol. The van der Waals surface area contributed by atoms with Crippen molar-refractivity contribution in [2.24, 2.45) is 5.10 Å². The van der Waals surface area contributed by atoms with Crippen molar-refractivity contribution < 1.29 is 27.4 Å². The van der Waals surface area contributed by atoms with Crippen LogP contribution in [-0.4, -0.2) is 25.0 Å². The molecule has 0 aromatic heterocycles. The highest BCUT2D eigenvalue weighted by Crippen LogP contribution is 2.37. The van der Waals surface area contributed by atoms with E-state index in [1.807, 2.05) is 6.92 Å². The van der Waals surface area contributed by atoms with E-state index in [1.54, 1.807) is 0 Å². The van der Waals surface area contributed by atoms with Crippen molar-refractivity contribution in [3.63, 3.8) is 0 Å². The first-order valence-electron chi connectivity index (χ1n) is 6.75. The SMILES string of the molecule is CCCCOc1ccc(C2=NNC(=O)OC2)cc1C(F)(F)F. The minimum Gasteiger partial charge on any atom is -0.493 e. The van der Waals surface area contributed by atoms with Crippen LogP contribution in [0.1, 0.15) is 30.9 Å². The average molecular weight is 316 g/mol. The van der Waals surface area contributed by atoms with E-state index in [-0.39, 0.29) is 30.2 Å². The second-order valence-electron chi connectivity index (χ2n) is 4.66. The molecule has 1 aromatic carbocycles. The van der Waals surface area contributed by atoms with Gasteiger partial charge in [-0.1, -0.05) is 13.3 Å². The van der Waals surface area contributed by atoms with Crippen molar-refractivity contribution >= 4 is 11.8 Å². The first-order chi connectivity index (χ1) is 10.4. The molecule has 1 N–H and O–H groups in total. The second-order valence-corrected chi connectivity index (χ2v) is 4.66. The van der Waals surface area contributed by atoms with Gasteiger partial charge in [-0.25, -0.2) is 10.2 Å². The van der Waals surface area contributed by atoms with Gasteiger partial charge in [0.25, 0.3) is 0 Å². The highest BCUT2D eigenvalue weighted by atomic mass is 19.4. The lowest BCUT2D eigenvalue weighted by Crippen LogP contribution is -2.30. The maximum Gasteiger partial charge on any atom is 0.428 e. The van der Waals surface area contributed by atoms with Gasteiger partial charge in [-0.15, -0.1) is 0 Å². The predicted octanol–water partition coefficient (Wildman–Crippen LogP) is 3.33. The largest absolute Gasteiger partial charge is 0.493 e. The summed E-state index contributed by atoms with van der Waals surface area (Å²) in [6.45, 7) is 1.96. The number of hydrazone groups is 1. The van der Waals surface area contributed by atoms with Crippen LogP contribution >= 0.6 is 0 Å². The lowest BCUT2D eigenvalue weighted by Gasteiger charge is -2.17. The Hall–Kier alpha value is -2.25. The average Bonchev–Trinajstić information content (AvgIpc) is 2.47. The Bertz CT molecular complexity index is 585. The molecule has 0 spiro atoms. The van der Waals surface area contributed by atoms with Crippen molar-refractivity contribution in [3.05, 3.63) is 29.3 Å². The molecule has 0 unspecified atom stereocenters. The molecule has 0 radical (unpaired) electrons. The number of hydrogen-bond acceptors (Lipinski definition) is 4. The summed E-state index contributed by atoms with van der Waals surface area (Å²) >= 11 is 0. The fraction of sp³-hybridized carbons (Fsp3) is 0.429. The Morgan fingerprint density at radius 2 is 2.18 bits per heavy atom. The van der Waals surface area contributed by atoms with Gasteiger partial charge in [0.1, 0.15) is 18.1 Å². The number of ether oxygens (including phenoxy) is 2. The standard InChI is InChI=1S/C14H15F3N2O3/c1-2-3-6-21-12-5-4-9(7-10(12)14(15,16)17)11-8-22-13(20)19-18-11/h4-5,7H,2-3,6,8H2,1H3,(H,19,20). The number of nitrogens with zero attached hydrogens (tertiary/aromatic N) is 1. The number of benzene rings is 1. The fourth-order valence-corrected chi connectivity index (χ4v) is 1.84. The van der Waals surface area contributed by atoms with Crippen LogP contribution in [0.5, 0.6) is 5.75 Å². The van der Waals surface area contributed by atoms with Crippen LogP contribution in [-0.2, 0) is 10.9 Å². The van der Waals surface area contributed by atoms with Crippen LogP contribution in [0.15, 0.2) is 23.3 Å². The van der Waals surface area contributed by atoms with E-state index in [1.165, 1.54) is 12.1 Å². The van der Waals surface area contributed by atoms with Crippen molar-refractivity contribution in [2.75, 3.05) is 13.2 Å². The molecule has 22 heavy (non-hydrogen) atoms. The van der Waals surface area contributed by atoms with Crippen LogP contribution in [0.4, 0.5) is 18.0 Å². The number of unbranched alkanes of at least 4 members (excludes halogenated alkanes) is 1. The molecule has 0 saturated heterocycles. The number of carbonyl (C=O) groups is 1. The summed E-state index contributed by atoms with van der Waals surface area (Å²) in [5.74, 6) is -0.217. The first-order valence-corrected chi connectivity index (χ1v) is 6.75. The van der Waals surface area contributed by atoms with Crippen LogP contribution in [0.3, 0.4) is 0 Å². The van der Waals surface area contributed by atoms with Crippen LogP contribution in [0.25, 0.3) is 0 Å². The van der Waals surface area contributed by atoms with Gasteiger partial charge in [-0.05, 0) is 24.6 Å². The van der Waals surface area contributed by atoms with E-state index in [2.05, 4.69) is 15.3 Å². The Labute approximate surface area is 125 Å². The van der Waals surface area contributed by atoms with Crippen molar-refractivity contribution in [1.29, 1.82) is 0 Å². The molecule has 1 aliphatic rings. The fourth-order valence-electron chi connectivity index (χ4n) is 1.84. The van der Waals surface area contributed by atoms with E-state index >= 15 is 0 Å². The van der Waals surface area contributed by atoms with Crippen LogP contribution in [0.2, 0.25) is 0 Å². The number of hydrogen-bond donors (Lipinski definition) is 1. The van der Waals surface area contributed by atoms with Gasteiger partial charge in [0, 0.05) is 5.56 Å². The van der Waals surface area contributed by atoms with Crippen LogP contribution < -0.4 is 10.2 Å². The molecular weight excluding hydrogens is 301 g/mol. The van der Waals surface area contributed by atoms with Crippen molar-refractivity contribution in [3.8, 4) is 5.75 Å². The molecular formula is C14H15F3N2O3. The van der Waals surface area contributed by atoms with Gasteiger partial charge in [-0.2, -0.15) is 18.3 Å². The van der Waals surface area contributed by atoms with Crippen LogP contribution in [0, 0.1) is 0 Å². The summed E-state index contributed by atoms with van der Waals surface area (Å²) < 4.78 is 49.3. The maximum atomic E-state index is 13.1. The number of alkyl halides is 3. The first kappa shape index (κ1) is 16.1. The summed E-state index contributed by atoms with van der Waals surface area (Å²) in [7, 11) is 0. The molecule has 1 aromatic rings. The van der Waals surface area contributed by atoms with E-state index in [0.717, 1.165) is 12.5 Å². The molecule has 2 rings (SSSR count). The lowest BCUT2D eigenvalue weighted by atomic mass is 10.1. The van der Waals surface area contributed by atoms with Gasteiger partial charge in [0.15, 0.2) is 0 Å². The topological polar surface area (TPSA) is 59.9 Å². The smallest absolute Gasteiger partial charge is 0.428 e.